The van der Waals surface area contributed by atoms with Crippen molar-refractivity contribution in [3.05, 3.63) is 77.9 Å². The summed E-state index contributed by atoms with van der Waals surface area (Å²) in [5, 5.41) is 0. The Morgan fingerprint density at radius 3 is 2.27 bits per heavy atom. The molecule has 2 N–H and O–H groups in total. The topological polar surface area (TPSA) is 29.3 Å². The molecule has 3 heteroatoms. The zero-order valence-electron chi connectivity index (χ0n) is 12.6. The third-order valence-electron chi connectivity index (χ3n) is 4.14. The number of likely N-dealkylation sites (tertiary alicyclic amines) is 1. The first kappa shape index (κ1) is 16.8. The second-order valence-electron chi connectivity index (χ2n) is 5.71. The Labute approximate surface area is 139 Å². The smallest absolute Gasteiger partial charge is 0.0250 e. The lowest BCUT2D eigenvalue weighted by molar-refractivity contribution is 0.369. The number of halogens is 1. The number of hydrogen-bond donors (Lipinski definition) is 1. The van der Waals surface area contributed by atoms with E-state index in [1.54, 1.807) is 0 Å². The van der Waals surface area contributed by atoms with E-state index in [0.717, 1.165) is 19.6 Å². The summed E-state index contributed by atoms with van der Waals surface area (Å²) in [5.74, 6) is 0.455. The second-order valence-corrected chi connectivity index (χ2v) is 5.71. The van der Waals surface area contributed by atoms with Crippen LogP contribution in [-0.2, 0) is 0 Å². The van der Waals surface area contributed by atoms with E-state index in [-0.39, 0.29) is 18.4 Å². The Hall–Kier alpha value is -1.61. The van der Waals surface area contributed by atoms with Crippen LogP contribution >= 0.6 is 12.4 Å². The van der Waals surface area contributed by atoms with Crippen LogP contribution in [0.4, 0.5) is 0 Å². The molecule has 0 saturated carbocycles. The van der Waals surface area contributed by atoms with Crippen LogP contribution < -0.4 is 5.73 Å². The summed E-state index contributed by atoms with van der Waals surface area (Å²) >= 11 is 0. The molecular formula is C19H23ClN2. The number of nitrogens with zero attached hydrogens (tertiary/aromatic N) is 1. The van der Waals surface area contributed by atoms with E-state index in [9.17, 15) is 0 Å². The lowest BCUT2D eigenvalue weighted by atomic mass is 9.95. The molecule has 1 fully saturated rings. The molecule has 0 amide bonds. The lowest BCUT2D eigenvalue weighted by Gasteiger charge is -2.14. The van der Waals surface area contributed by atoms with Crippen molar-refractivity contribution in [2.75, 3.05) is 19.6 Å². The van der Waals surface area contributed by atoms with Crippen LogP contribution in [0.15, 0.2) is 66.7 Å². The van der Waals surface area contributed by atoms with E-state index in [1.165, 1.54) is 11.1 Å². The van der Waals surface area contributed by atoms with Gasteiger partial charge in [-0.2, -0.15) is 0 Å². The maximum atomic E-state index is 6.32. The zero-order valence-corrected chi connectivity index (χ0v) is 13.5. The van der Waals surface area contributed by atoms with Gasteiger partial charge in [-0.3, -0.25) is 4.90 Å². The van der Waals surface area contributed by atoms with E-state index in [2.05, 4.69) is 71.6 Å². The Morgan fingerprint density at radius 1 is 0.955 bits per heavy atom. The van der Waals surface area contributed by atoms with Crippen LogP contribution in [0.1, 0.15) is 17.0 Å². The fourth-order valence-corrected chi connectivity index (χ4v) is 3.02. The van der Waals surface area contributed by atoms with Crippen LogP contribution in [-0.4, -0.2) is 30.6 Å². The van der Waals surface area contributed by atoms with Gasteiger partial charge in [0.2, 0.25) is 0 Å². The van der Waals surface area contributed by atoms with Gasteiger partial charge >= 0.3 is 0 Å². The van der Waals surface area contributed by atoms with Crippen molar-refractivity contribution in [1.82, 2.24) is 4.90 Å². The molecule has 116 valence electrons. The first-order valence-corrected chi connectivity index (χ1v) is 7.57. The van der Waals surface area contributed by atoms with E-state index in [0.29, 0.717) is 5.92 Å². The summed E-state index contributed by atoms with van der Waals surface area (Å²) < 4.78 is 0. The Morgan fingerprint density at radius 2 is 1.59 bits per heavy atom. The van der Waals surface area contributed by atoms with Crippen molar-refractivity contribution < 1.29 is 0 Å². The van der Waals surface area contributed by atoms with E-state index in [4.69, 9.17) is 5.73 Å². The molecule has 1 aliphatic heterocycles. The molecule has 1 aliphatic rings. The average molecular weight is 315 g/mol. The Balaban J connectivity index is 0.00000176. The minimum absolute atomic E-state index is 0. The molecule has 0 aromatic heterocycles. The first-order chi connectivity index (χ1) is 10.3. The number of nitrogens with two attached hydrogens (primary N) is 1. The highest BCUT2D eigenvalue weighted by Gasteiger charge is 2.30. The predicted molar refractivity (Wildman–Crippen MR) is 96.3 cm³/mol. The molecule has 2 aromatic rings. The first-order valence-electron chi connectivity index (χ1n) is 7.57. The van der Waals surface area contributed by atoms with E-state index in [1.807, 2.05) is 6.07 Å². The van der Waals surface area contributed by atoms with Crippen molar-refractivity contribution in [2.45, 2.75) is 12.0 Å². The highest BCUT2D eigenvalue weighted by atomic mass is 35.5. The van der Waals surface area contributed by atoms with Crippen LogP contribution in [0.25, 0.3) is 6.08 Å². The van der Waals surface area contributed by atoms with Gasteiger partial charge in [-0.25, -0.2) is 0 Å². The molecule has 1 heterocycles. The fraction of sp³-hybridized carbons (Fsp3) is 0.263. The molecule has 0 unspecified atom stereocenters. The molecule has 0 spiro atoms. The van der Waals surface area contributed by atoms with Crippen molar-refractivity contribution in [3.8, 4) is 0 Å². The Kier molecular flexibility index (Phi) is 6.20. The van der Waals surface area contributed by atoms with Crippen molar-refractivity contribution in [3.63, 3.8) is 0 Å². The molecule has 0 radical (unpaired) electrons. The van der Waals surface area contributed by atoms with Gasteiger partial charge in [0.1, 0.15) is 0 Å². The van der Waals surface area contributed by atoms with Crippen LogP contribution in [0.3, 0.4) is 0 Å². The third kappa shape index (κ3) is 4.20. The van der Waals surface area contributed by atoms with Gasteiger partial charge in [0.05, 0.1) is 0 Å². The molecule has 22 heavy (non-hydrogen) atoms. The fourth-order valence-electron chi connectivity index (χ4n) is 3.02. The van der Waals surface area contributed by atoms with Crippen molar-refractivity contribution in [2.24, 2.45) is 5.73 Å². The molecule has 2 aromatic carbocycles. The highest BCUT2D eigenvalue weighted by molar-refractivity contribution is 5.85. The molecule has 0 bridgehead atoms. The zero-order chi connectivity index (χ0) is 14.5. The van der Waals surface area contributed by atoms with E-state index < -0.39 is 0 Å². The van der Waals surface area contributed by atoms with Gasteiger partial charge in [-0.15, -0.1) is 12.4 Å². The quantitative estimate of drug-likeness (QED) is 0.935. The van der Waals surface area contributed by atoms with Gasteiger partial charge in [0.25, 0.3) is 0 Å². The van der Waals surface area contributed by atoms with Gasteiger partial charge in [-0.1, -0.05) is 72.8 Å². The maximum absolute atomic E-state index is 6.32. The van der Waals surface area contributed by atoms with Crippen LogP contribution in [0, 0.1) is 0 Å². The summed E-state index contributed by atoms with van der Waals surface area (Å²) in [4.78, 5) is 2.43. The molecule has 0 aliphatic carbocycles. The summed E-state index contributed by atoms with van der Waals surface area (Å²) in [6.45, 7) is 2.98. The summed E-state index contributed by atoms with van der Waals surface area (Å²) in [6, 6.07) is 21.3. The van der Waals surface area contributed by atoms with Gasteiger partial charge in [0.15, 0.2) is 0 Å². The maximum Gasteiger partial charge on any atom is 0.0250 e. The van der Waals surface area contributed by atoms with Gasteiger partial charge < -0.3 is 5.73 Å². The van der Waals surface area contributed by atoms with Crippen molar-refractivity contribution in [1.29, 1.82) is 0 Å². The minimum Gasteiger partial charge on any atom is -0.326 e. The lowest BCUT2D eigenvalue weighted by Crippen LogP contribution is -2.28. The van der Waals surface area contributed by atoms with Gasteiger partial charge in [0, 0.05) is 31.6 Å². The second kappa shape index (κ2) is 8.14. The highest BCUT2D eigenvalue weighted by Crippen LogP contribution is 2.26. The largest absolute Gasteiger partial charge is 0.326 e. The number of hydrogen-bond acceptors (Lipinski definition) is 2. The SMILES string of the molecule is Cl.N[C@@H]1CN(C/C=C/c2ccccc2)C[C@H]1c1ccccc1. The number of benzene rings is 2. The molecule has 1 saturated heterocycles. The van der Waals surface area contributed by atoms with Crippen molar-refractivity contribution >= 4 is 18.5 Å². The predicted octanol–water partition coefficient (Wildman–Crippen LogP) is 3.55. The molecule has 3 rings (SSSR count). The molecule has 2 atom stereocenters. The summed E-state index contributed by atoms with van der Waals surface area (Å²) in [7, 11) is 0. The van der Waals surface area contributed by atoms with Gasteiger partial charge in [-0.05, 0) is 11.1 Å². The average Bonchev–Trinajstić information content (AvgIpc) is 2.90. The summed E-state index contributed by atoms with van der Waals surface area (Å²) in [5.41, 5.74) is 8.93. The van der Waals surface area contributed by atoms with Crippen LogP contribution in [0.2, 0.25) is 0 Å². The van der Waals surface area contributed by atoms with E-state index >= 15 is 0 Å². The molecular weight excluding hydrogens is 292 g/mol. The molecule has 2 nitrogen and oxygen atoms in total. The minimum atomic E-state index is 0. The standard InChI is InChI=1S/C19H22N2.ClH/c20-19-15-21(13-7-10-16-8-3-1-4-9-16)14-18(19)17-11-5-2-6-12-17;/h1-12,18-19H,13-15,20H2;1H/b10-7+;/t18-,19+;/m0./s1. The number of rotatable bonds is 4. The monoisotopic (exact) mass is 314 g/mol. The third-order valence-corrected chi connectivity index (χ3v) is 4.14. The summed E-state index contributed by atoms with van der Waals surface area (Å²) in [6.07, 6.45) is 4.41. The van der Waals surface area contributed by atoms with Crippen LogP contribution in [0.5, 0.6) is 0 Å². The Bertz CT molecular complexity index is 583. The normalized spacial score (nSPS) is 21.9.